The number of amides is 1. The van der Waals surface area contributed by atoms with Crippen LogP contribution in [0.2, 0.25) is 0 Å². The van der Waals surface area contributed by atoms with Crippen LogP contribution in [-0.2, 0) is 4.74 Å². The summed E-state index contributed by atoms with van der Waals surface area (Å²) >= 11 is 0. The van der Waals surface area contributed by atoms with Crippen LogP contribution in [0.1, 0.15) is 29.8 Å². The fourth-order valence-electron chi connectivity index (χ4n) is 1.84. The minimum atomic E-state index is -0.461. The Morgan fingerprint density at radius 2 is 2.19 bits per heavy atom. The van der Waals surface area contributed by atoms with Crippen molar-refractivity contribution in [2.75, 3.05) is 32.8 Å². The fourth-order valence-corrected chi connectivity index (χ4v) is 1.84. The van der Waals surface area contributed by atoms with Crippen LogP contribution < -0.4 is 5.73 Å². The third-order valence-electron chi connectivity index (χ3n) is 2.92. The van der Waals surface area contributed by atoms with Crippen molar-refractivity contribution in [2.24, 2.45) is 5.73 Å². The molecule has 0 saturated heterocycles. The maximum Gasteiger partial charge on any atom is 0.255 e. The number of rotatable bonds is 6. The number of nitrogens with two attached hydrogens (primary N) is 1. The molecular formula is C16H21FN2O2. The third-order valence-corrected chi connectivity index (χ3v) is 2.92. The van der Waals surface area contributed by atoms with Gasteiger partial charge in [0.1, 0.15) is 5.82 Å². The van der Waals surface area contributed by atoms with E-state index in [-0.39, 0.29) is 18.0 Å². The minimum Gasteiger partial charge on any atom is -0.380 e. The molecular weight excluding hydrogens is 271 g/mol. The molecule has 21 heavy (non-hydrogen) atoms. The van der Waals surface area contributed by atoms with Gasteiger partial charge in [0.2, 0.25) is 0 Å². The Morgan fingerprint density at radius 3 is 2.81 bits per heavy atom. The summed E-state index contributed by atoms with van der Waals surface area (Å²) in [5.41, 5.74) is 6.09. The number of hydrogen-bond donors (Lipinski definition) is 1. The summed E-state index contributed by atoms with van der Waals surface area (Å²) in [5.74, 6) is 4.78. The summed E-state index contributed by atoms with van der Waals surface area (Å²) in [6, 6.07) is 4.00. The molecule has 1 aromatic carbocycles. The van der Waals surface area contributed by atoms with E-state index < -0.39 is 5.82 Å². The van der Waals surface area contributed by atoms with E-state index in [1.165, 1.54) is 18.2 Å². The van der Waals surface area contributed by atoms with Crippen LogP contribution in [0, 0.1) is 17.7 Å². The molecule has 0 radical (unpaired) electrons. The van der Waals surface area contributed by atoms with Crippen molar-refractivity contribution < 1.29 is 13.9 Å². The van der Waals surface area contributed by atoms with Gasteiger partial charge in [-0.05, 0) is 32.0 Å². The number of carbonyl (C=O) groups is 1. The van der Waals surface area contributed by atoms with Gasteiger partial charge in [-0.2, -0.15) is 0 Å². The van der Waals surface area contributed by atoms with Crippen LogP contribution in [0.15, 0.2) is 18.2 Å². The van der Waals surface area contributed by atoms with Crippen LogP contribution in [-0.4, -0.2) is 43.7 Å². The van der Waals surface area contributed by atoms with E-state index >= 15 is 0 Å². The number of ether oxygens (including phenoxy) is 1. The first-order valence-electron chi connectivity index (χ1n) is 6.99. The predicted molar refractivity (Wildman–Crippen MR) is 80.4 cm³/mol. The Labute approximate surface area is 125 Å². The fraction of sp³-hybridized carbons (Fsp3) is 0.438. The second-order valence-electron chi connectivity index (χ2n) is 4.28. The minimum absolute atomic E-state index is 0.187. The van der Waals surface area contributed by atoms with Crippen LogP contribution in [0.3, 0.4) is 0 Å². The number of halogens is 1. The molecule has 4 nitrogen and oxygen atoms in total. The average Bonchev–Trinajstić information content (AvgIpc) is 2.50. The van der Waals surface area contributed by atoms with Gasteiger partial charge in [-0.15, -0.1) is 0 Å². The predicted octanol–water partition coefficient (Wildman–Crippen LogP) is 1.63. The highest BCUT2D eigenvalue weighted by Gasteiger charge is 2.17. The zero-order valence-electron chi connectivity index (χ0n) is 12.5. The Hall–Kier alpha value is -1.90. The van der Waals surface area contributed by atoms with Crippen LogP contribution >= 0.6 is 0 Å². The summed E-state index contributed by atoms with van der Waals surface area (Å²) in [6.07, 6.45) is 0. The molecule has 0 aliphatic heterocycles. The maximum absolute atomic E-state index is 13.4. The summed E-state index contributed by atoms with van der Waals surface area (Å²) in [6.45, 7) is 5.98. The number of carbonyl (C=O) groups excluding carboxylic acids is 1. The van der Waals surface area contributed by atoms with Gasteiger partial charge in [0.05, 0.1) is 18.7 Å². The smallest absolute Gasteiger partial charge is 0.255 e. The van der Waals surface area contributed by atoms with Gasteiger partial charge in [-0.1, -0.05) is 11.8 Å². The Morgan fingerprint density at radius 1 is 1.43 bits per heavy atom. The van der Waals surface area contributed by atoms with Gasteiger partial charge in [-0.3, -0.25) is 4.79 Å². The number of benzene rings is 1. The molecule has 0 aliphatic carbocycles. The normalized spacial score (nSPS) is 9.90. The molecule has 2 N–H and O–H groups in total. The quantitative estimate of drug-likeness (QED) is 0.640. The first kappa shape index (κ1) is 17.2. The topological polar surface area (TPSA) is 55.6 Å². The van der Waals surface area contributed by atoms with Gasteiger partial charge in [0.25, 0.3) is 5.91 Å². The lowest BCUT2D eigenvalue weighted by Gasteiger charge is -2.21. The molecule has 114 valence electrons. The van der Waals surface area contributed by atoms with Gasteiger partial charge in [-0.25, -0.2) is 4.39 Å². The lowest BCUT2D eigenvalue weighted by Crippen LogP contribution is -2.34. The largest absolute Gasteiger partial charge is 0.380 e. The molecule has 1 rings (SSSR count). The lowest BCUT2D eigenvalue weighted by atomic mass is 10.1. The van der Waals surface area contributed by atoms with Crippen molar-refractivity contribution in [1.29, 1.82) is 0 Å². The summed E-state index contributed by atoms with van der Waals surface area (Å²) in [5, 5.41) is 0. The van der Waals surface area contributed by atoms with Crippen molar-refractivity contribution in [3.8, 4) is 11.8 Å². The highest BCUT2D eigenvalue weighted by Crippen LogP contribution is 2.13. The van der Waals surface area contributed by atoms with Crippen LogP contribution in [0.5, 0.6) is 0 Å². The molecule has 0 atom stereocenters. The molecule has 1 amide bonds. The summed E-state index contributed by atoms with van der Waals surface area (Å²) < 4.78 is 18.7. The van der Waals surface area contributed by atoms with Gasteiger partial charge in [0.15, 0.2) is 0 Å². The van der Waals surface area contributed by atoms with E-state index in [0.717, 1.165) is 0 Å². The Kier molecular flexibility index (Phi) is 7.44. The van der Waals surface area contributed by atoms with E-state index in [9.17, 15) is 9.18 Å². The number of likely N-dealkylation sites (N-methyl/N-ethyl adjacent to an activating group) is 1. The van der Waals surface area contributed by atoms with Gasteiger partial charge >= 0.3 is 0 Å². The van der Waals surface area contributed by atoms with E-state index in [0.29, 0.717) is 31.9 Å². The number of nitrogens with zero attached hydrogens (tertiary/aromatic N) is 1. The highest BCUT2D eigenvalue weighted by atomic mass is 19.1. The van der Waals surface area contributed by atoms with Gasteiger partial charge < -0.3 is 15.4 Å². The molecule has 0 heterocycles. The average molecular weight is 292 g/mol. The Bertz CT molecular complexity index is 535. The summed E-state index contributed by atoms with van der Waals surface area (Å²) in [7, 11) is 0. The molecule has 0 spiro atoms. The van der Waals surface area contributed by atoms with Crippen molar-refractivity contribution in [3.63, 3.8) is 0 Å². The molecule has 1 aromatic rings. The maximum atomic E-state index is 13.4. The second kappa shape index (κ2) is 9.11. The zero-order valence-corrected chi connectivity index (χ0v) is 12.5. The lowest BCUT2D eigenvalue weighted by molar-refractivity contribution is 0.0668. The first-order valence-corrected chi connectivity index (χ1v) is 6.99. The molecule has 0 fully saturated rings. The Balaban J connectivity index is 3.00. The number of hydrogen-bond acceptors (Lipinski definition) is 3. The standard InChI is InChI=1S/C16H21FN2O2/c1-3-19(10-11-21-4-2)16(20)15-12-14(17)8-7-13(15)6-5-9-18/h7-8,12H,3-4,9-11,18H2,1-2H3. The van der Waals surface area contributed by atoms with Crippen molar-refractivity contribution >= 4 is 5.91 Å². The van der Waals surface area contributed by atoms with Crippen molar-refractivity contribution in [3.05, 3.63) is 35.1 Å². The molecule has 0 aromatic heterocycles. The summed E-state index contributed by atoms with van der Waals surface area (Å²) in [4.78, 5) is 14.1. The third kappa shape index (κ3) is 5.18. The first-order chi connectivity index (χ1) is 10.1. The molecule has 5 heteroatoms. The monoisotopic (exact) mass is 292 g/mol. The van der Waals surface area contributed by atoms with E-state index in [2.05, 4.69) is 11.8 Å². The highest BCUT2D eigenvalue weighted by molar-refractivity contribution is 5.96. The van der Waals surface area contributed by atoms with Crippen molar-refractivity contribution in [1.82, 2.24) is 4.90 Å². The SMILES string of the molecule is CCOCCN(CC)C(=O)c1cc(F)ccc1C#CCN. The van der Waals surface area contributed by atoms with E-state index in [1.54, 1.807) is 4.90 Å². The van der Waals surface area contributed by atoms with Crippen LogP contribution in [0.25, 0.3) is 0 Å². The molecule has 0 bridgehead atoms. The van der Waals surface area contributed by atoms with E-state index in [4.69, 9.17) is 10.5 Å². The zero-order chi connectivity index (χ0) is 15.7. The van der Waals surface area contributed by atoms with Gasteiger partial charge in [0, 0.05) is 25.3 Å². The molecule has 0 saturated carbocycles. The second-order valence-corrected chi connectivity index (χ2v) is 4.28. The van der Waals surface area contributed by atoms with Crippen molar-refractivity contribution in [2.45, 2.75) is 13.8 Å². The molecule has 0 aliphatic rings. The van der Waals surface area contributed by atoms with E-state index in [1.807, 2.05) is 13.8 Å². The molecule has 0 unspecified atom stereocenters. The van der Waals surface area contributed by atoms with Crippen LogP contribution in [0.4, 0.5) is 4.39 Å².